The van der Waals surface area contributed by atoms with Gasteiger partial charge in [-0.25, -0.2) is 9.59 Å². The molecule has 0 N–H and O–H groups in total. The van der Waals surface area contributed by atoms with E-state index in [1.54, 1.807) is 30.3 Å². The molecule has 0 aliphatic carbocycles. The molecular weight excluding hydrogens is 384 g/mol. The van der Waals surface area contributed by atoms with Crippen molar-refractivity contribution in [1.29, 1.82) is 0 Å². The molecule has 0 unspecified atom stereocenters. The predicted molar refractivity (Wildman–Crippen MR) is 92.6 cm³/mol. The molecule has 1 aromatic rings. The third-order valence-corrected chi connectivity index (χ3v) is 4.46. The Bertz CT molecular complexity index is 834. The van der Waals surface area contributed by atoms with Gasteiger partial charge < -0.3 is 9.68 Å². The monoisotopic (exact) mass is 402 g/mol. The van der Waals surface area contributed by atoms with E-state index < -0.39 is 47.9 Å². The van der Waals surface area contributed by atoms with Gasteiger partial charge in [0.2, 0.25) is 0 Å². The van der Waals surface area contributed by atoms with Crippen molar-refractivity contribution in [3.05, 3.63) is 35.9 Å². The number of hydroxylamine groups is 4. The van der Waals surface area contributed by atoms with Crippen LogP contribution in [0.25, 0.3) is 0 Å². The SMILES string of the molecule is O=C(C[C@H](Cc1ccccc1)C(=O)ON1C(=O)CCC1=O)ON1C(=O)CCC1=O. The lowest BCUT2D eigenvalue weighted by atomic mass is 9.96. The van der Waals surface area contributed by atoms with Crippen LogP contribution in [0.2, 0.25) is 0 Å². The number of benzene rings is 1. The van der Waals surface area contributed by atoms with Crippen LogP contribution < -0.4 is 0 Å². The highest BCUT2D eigenvalue weighted by Gasteiger charge is 2.37. The Morgan fingerprint density at radius 1 is 0.793 bits per heavy atom. The largest absolute Gasteiger partial charge is 0.337 e. The quantitative estimate of drug-likeness (QED) is 0.602. The van der Waals surface area contributed by atoms with Gasteiger partial charge in [0, 0.05) is 25.7 Å². The number of hydrogen-bond acceptors (Lipinski definition) is 8. The summed E-state index contributed by atoms with van der Waals surface area (Å²) in [6, 6.07) is 8.71. The minimum absolute atomic E-state index is 0.0548. The van der Waals surface area contributed by atoms with E-state index in [-0.39, 0.29) is 32.1 Å². The second-order valence-corrected chi connectivity index (χ2v) is 6.63. The summed E-state index contributed by atoms with van der Waals surface area (Å²) in [4.78, 5) is 81.1. The van der Waals surface area contributed by atoms with Gasteiger partial charge in [0.05, 0.1) is 12.3 Å². The summed E-state index contributed by atoms with van der Waals surface area (Å²) in [6.07, 6.45) is -0.678. The predicted octanol–water partition coefficient (Wildman–Crippen LogP) is 0.450. The van der Waals surface area contributed by atoms with Crippen molar-refractivity contribution in [3.8, 4) is 0 Å². The summed E-state index contributed by atoms with van der Waals surface area (Å²) in [5.74, 6) is -5.61. The molecule has 3 rings (SSSR count). The molecule has 2 aliphatic rings. The molecule has 152 valence electrons. The summed E-state index contributed by atoms with van der Waals surface area (Å²) in [6.45, 7) is 0. The summed E-state index contributed by atoms with van der Waals surface area (Å²) >= 11 is 0. The van der Waals surface area contributed by atoms with Crippen molar-refractivity contribution in [2.24, 2.45) is 5.92 Å². The fourth-order valence-corrected chi connectivity index (χ4v) is 2.96. The Hall–Kier alpha value is -3.56. The number of carbonyl (C=O) groups excluding carboxylic acids is 6. The Morgan fingerprint density at radius 2 is 1.28 bits per heavy atom. The molecule has 0 bridgehead atoms. The summed E-state index contributed by atoms with van der Waals surface area (Å²) in [7, 11) is 0. The van der Waals surface area contributed by atoms with Crippen molar-refractivity contribution in [2.75, 3.05) is 0 Å². The zero-order valence-corrected chi connectivity index (χ0v) is 15.4. The van der Waals surface area contributed by atoms with Gasteiger partial charge in [-0.3, -0.25) is 19.2 Å². The van der Waals surface area contributed by atoms with Crippen LogP contribution in [0.5, 0.6) is 0 Å². The molecule has 2 fully saturated rings. The normalized spacial score (nSPS) is 17.7. The summed E-state index contributed by atoms with van der Waals surface area (Å²) < 4.78 is 0. The second kappa shape index (κ2) is 8.63. The Kier molecular flexibility index (Phi) is 6.01. The van der Waals surface area contributed by atoms with Crippen LogP contribution in [-0.4, -0.2) is 45.7 Å². The molecule has 2 aliphatic heterocycles. The summed E-state index contributed by atoms with van der Waals surface area (Å²) in [5, 5.41) is 0.792. The van der Waals surface area contributed by atoms with Crippen LogP contribution in [0.3, 0.4) is 0 Å². The van der Waals surface area contributed by atoms with Gasteiger partial charge >= 0.3 is 11.9 Å². The molecule has 0 saturated carbocycles. The maximum Gasteiger partial charge on any atom is 0.337 e. The molecule has 0 radical (unpaired) electrons. The first-order valence-electron chi connectivity index (χ1n) is 9.03. The lowest BCUT2D eigenvalue weighted by Gasteiger charge is -2.19. The van der Waals surface area contributed by atoms with Gasteiger partial charge in [-0.05, 0) is 12.0 Å². The number of carbonyl (C=O) groups is 6. The van der Waals surface area contributed by atoms with Crippen LogP contribution in [0.4, 0.5) is 0 Å². The van der Waals surface area contributed by atoms with E-state index in [1.807, 2.05) is 0 Å². The van der Waals surface area contributed by atoms with E-state index in [9.17, 15) is 28.8 Å². The maximum atomic E-state index is 12.6. The molecule has 4 amide bonds. The minimum Gasteiger partial charge on any atom is -0.330 e. The average Bonchev–Trinajstić information content (AvgIpc) is 3.18. The lowest BCUT2D eigenvalue weighted by Crippen LogP contribution is -2.37. The molecule has 10 heteroatoms. The Morgan fingerprint density at radius 3 is 1.79 bits per heavy atom. The maximum absolute atomic E-state index is 12.6. The average molecular weight is 402 g/mol. The van der Waals surface area contributed by atoms with Crippen LogP contribution >= 0.6 is 0 Å². The third kappa shape index (κ3) is 4.84. The van der Waals surface area contributed by atoms with Crippen molar-refractivity contribution in [2.45, 2.75) is 38.5 Å². The molecular formula is C19H18N2O8. The van der Waals surface area contributed by atoms with Gasteiger partial charge in [0.25, 0.3) is 23.6 Å². The molecule has 1 aromatic carbocycles. The van der Waals surface area contributed by atoms with Gasteiger partial charge in [-0.1, -0.05) is 30.3 Å². The van der Waals surface area contributed by atoms with Gasteiger partial charge in [-0.15, -0.1) is 10.1 Å². The van der Waals surface area contributed by atoms with Gasteiger partial charge in [0.15, 0.2) is 0 Å². The first-order chi connectivity index (χ1) is 13.8. The molecule has 10 nitrogen and oxygen atoms in total. The second-order valence-electron chi connectivity index (χ2n) is 6.63. The highest BCUT2D eigenvalue weighted by atomic mass is 16.7. The van der Waals surface area contributed by atoms with Gasteiger partial charge in [-0.2, -0.15) is 0 Å². The molecule has 2 heterocycles. The highest BCUT2D eigenvalue weighted by molar-refractivity contribution is 6.02. The van der Waals surface area contributed by atoms with Gasteiger partial charge in [0.1, 0.15) is 0 Å². The first-order valence-corrected chi connectivity index (χ1v) is 9.03. The molecule has 29 heavy (non-hydrogen) atoms. The van der Waals surface area contributed by atoms with E-state index in [1.165, 1.54) is 0 Å². The van der Waals surface area contributed by atoms with Crippen molar-refractivity contribution in [3.63, 3.8) is 0 Å². The fraction of sp³-hybridized carbons (Fsp3) is 0.368. The number of amides is 4. The third-order valence-electron chi connectivity index (χ3n) is 4.46. The molecule has 1 atom stereocenters. The van der Waals surface area contributed by atoms with Crippen molar-refractivity contribution >= 4 is 35.6 Å². The van der Waals surface area contributed by atoms with Crippen LogP contribution in [0.1, 0.15) is 37.7 Å². The number of hydrogen-bond donors (Lipinski definition) is 0. The lowest BCUT2D eigenvalue weighted by molar-refractivity contribution is -0.204. The van der Waals surface area contributed by atoms with Crippen LogP contribution in [-0.2, 0) is 44.9 Å². The van der Waals surface area contributed by atoms with E-state index in [4.69, 9.17) is 9.68 Å². The van der Waals surface area contributed by atoms with Crippen LogP contribution in [0.15, 0.2) is 30.3 Å². The Balaban J connectivity index is 1.70. The van der Waals surface area contributed by atoms with Crippen molar-refractivity contribution < 1.29 is 38.4 Å². The summed E-state index contributed by atoms with van der Waals surface area (Å²) in [5.41, 5.74) is 0.703. The van der Waals surface area contributed by atoms with Crippen LogP contribution in [0, 0.1) is 5.92 Å². The zero-order chi connectivity index (χ0) is 21.0. The van der Waals surface area contributed by atoms with E-state index >= 15 is 0 Å². The topological polar surface area (TPSA) is 127 Å². The number of nitrogens with zero attached hydrogens (tertiary/aromatic N) is 2. The van der Waals surface area contributed by atoms with E-state index in [0.29, 0.717) is 15.7 Å². The minimum atomic E-state index is -1.10. The highest BCUT2D eigenvalue weighted by Crippen LogP contribution is 2.20. The van der Waals surface area contributed by atoms with Crippen molar-refractivity contribution in [1.82, 2.24) is 10.1 Å². The molecule has 0 aromatic heterocycles. The number of rotatable bonds is 7. The zero-order valence-electron chi connectivity index (χ0n) is 15.4. The number of imide groups is 2. The Labute approximate surface area is 165 Å². The molecule has 0 spiro atoms. The van der Waals surface area contributed by atoms with E-state index in [2.05, 4.69) is 0 Å². The standard InChI is InChI=1S/C19H18N2O8/c22-14-6-7-15(23)20(14)28-18(26)11-13(10-12-4-2-1-3-5-12)19(27)29-21-16(24)8-9-17(21)25/h1-5,13H,6-11H2/t13-/m0/s1. The smallest absolute Gasteiger partial charge is 0.330 e. The van der Waals surface area contributed by atoms with E-state index in [0.717, 1.165) is 0 Å². The fourth-order valence-electron chi connectivity index (χ4n) is 2.96. The molecule has 2 saturated heterocycles. The first kappa shape index (κ1) is 20.2.